The van der Waals surface area contributed by atoms with Crippen molar-refractivity contribution in [1.82, 2.24) is 15.5 Å². The number of aromatic nitrogens is 2. The number of hydrogen-bond donors (Lipinski definition) is 3. The maximum Gasteiger partial charge on any atom is 0.279 e. The van der Waals surface area contributed by atoms with Gasteiger partial charge in [-0.15, -0.1) is 0 Å². The highest BCUT2D eigenvalue weighted by Gasteiger charge is 2.20. The van der Waals surface area contributed by atoms with Crippen LogP contribution in [-0.2, 0) is 16.6 Å². The number of anilines is 1. The van der Waals surface area contributed by atoms with E-state index in [9.17, 15) is 8.42 Å². The molecule has 1 heterocycles. The summed E-state index contributed by atoms with van der Waals surface area (Å²) in [5.74, 6) is 0. The average Bonchev–Trinajstić information content (AvgIpc) is 2.76. The first-order valence-electron chi connectivity index (χ1n) is 6.20. The quantitative estimate of drug-likeness (QED) is 0.781. The molecule has 0 spiro atoms. The van der Waals surface area contributed by atoms with E-state index in [0.717, 1.165) is 11.1 Å². The van der Waals surface area contributed by atoms with Crippen LogP contribution >= 0.6 is 0 Å². The molecule has 0 aliphatic rings. The van der Waals surface area contributed by atoms with Gasteiger partial charge in [-0.2, -0.15) is 13.5 Å². The van der Waals surface area contributed by atoms with Crippen molar-refractivity contribution in [3.63, 3.8) is 0 Å². The molecule has 2 rings (SSSR count). The van der Waals surface area contributed by atoms with Crippen molar-refractivity contribution in [1.29, 1.82) is 0 Å². The SMILES string of the molecule is CNCc1cn[nH]c1S(=O)(=O)Nc1cc(C)cc(C)c1. The Kier molecular flexibility index (Phi) is 4.10. The van der Waals surface area contributed by atoms with Gasteiger partial charge in [0.2, 0.25) is 0 Å². The highest BCUT2D eigenvalue weighted by atomic mass is 32.2. The molecule has 1 aromatic heterocycles. The fourth-order valence-electron chi connectivity index (χ4n) is 2.09. The van der Waals surface area contributed by atoms with Gasteiger partial charge in [-0.25, -0.2) is 0 Å². The molecule has 108 valence electrons. The molecule has 0 bridgehead atoms. The molecule has 0 aliphatic heterocycles. The predicted molar refractivity (Wildman–Crippen MR) is 78.1 cm³/mol. The standard InChI is InChI=1S/C13H18N4O2S/c1-9-4-10(2)6-12(5-9)17-20(18,19)13-11(7-14-3)8-15-16-13/h4-6,8,14,17H,7H2,1-3H3,(H,15,16). The molecule has 0 saturated heterocycles. The fourth-order valence-corrected chi connectivity index (χ4v) is 3.26. The van der Waals surface area contributed by atoms with Crippen LogP contribution in [0.5, 0.6) is 0 Å². The van der Waals surface area contributed by atoms with E-state index in [-0.39, 0.29) is 5.03 Å². The summed E-state index contributed by atoms with van der Waals surface area (Å²) in [5, 5.41) is 9.34. The van der Waals surface area contributed by atoms with Crippen LogP contribution in [0.3, 0.4) is 0 Å². The van der Waals surface area contributed by atoms with Crippen LogP contribution in [0.4, 0.5) is 5.69 Å². The Balaban J connectivity index is 2.33. The minimum atomic E-state index is -3.66. The van der Waals surface area contributed by atoms with Gasteiger partial charge in [-0.1, -0.05) is 6.07 Å². The molecule has 0 fully saturated rings. The van der Waals surface area contributed by atoms with Gasteiger partial charge < -0.3 is 5.32 Å². The second kappa shape index (κ2) is 5.64. The lowest BCUT2D eigenvalue weighted by Gasteiger charge is -2.09. The molecule has 7 heteroatoms. The van der Waals surface area contributed by atoms with E-state index in [1.54, 1.807) is 19.2 Å². The Labute approximate surface area is 118 Å². The molecular weight excluding hydrogens is 276 g/mol. The third kappa shape index (κ3) is 3.17. The Morgan fingerprint density at radius 1 is 1.20 bits per heavy atom. The van der Waals surface area contributed by atoms with Crippen molar-refractivity contribution in [3.8, 4) is 0 Å². The maximum atomic E-state index is 12.4. The summed E-state index contributed by atoms with van der Waals surface area (Å²) in [4.78, 5) is 0. The normalized spacial score (nSPS) is 11.6. The highest BCUT2D eigenvalue weighted by Crippen LogP contribution is 2.19. The first-order chi connectivity index (χ1) is 9.42. The van der Waals surface area contributed by atoms with E-state index in [0.29, 0.717) is 17.8 Å². The monoisotopic (exact) mass is 294 g/mol. The second-order valence-corrected chi connectivity index (χ2v) is 6.36. The van der Waals surface area contributed by atoms with Gasteiger partial charge in [0, 0.05) is 17.8 Å². The predicted octanol–water partition coefficient (Wildman–Crippen LogP) is 1.55. The van der Waals surface area contributed by atoms with E-state index in [4.69, 9.17) is 0 Å². The minimum absolute atomic E-state index is 0.0889. The topological polar surface area (TPSA) is 86.9 Å². The molecule has 1 aromatic carbocycles. The van der Waals surface area contributed by atoms with E-state index in [1.807, 2.05) is 19.9 Å². The molecule has 2 aromatic rings. The van der Waals surface area contributed by atoms with Gasteiger partial charge in [0.15, 0.2) is 5.03 Å². The molecule has 0 unspecified atom stereocenters. The molecule has 0 radical (unpaired) electrons. The summed E-state index contributed by atoms with van der Waals surface area (Å²) in [6, 6.07) is 5.57. The first kappa shape index (κ1) is 14.5. The zero-order valence-electron chi connectivity index (χ0n) is 11.7. The van der Waals surface area contributed by atoms with Crippen molar-refractivity contribution in [2.24, 2.45) is 0 Å². The number of nitrogens with zero attached hydrogens (tertiary/aromatic N) is 1. The molecule has 3 N–H and O–H groups in total. The molecule has 0 saturated carbocycles. The summed E-state index contributed by atoms with van der Waals surface area (Å²) < 4.78 is 27.3. The highest BCUT2D eigenvalue weighted by molar-refractivity contribution is 7.92. The number of sulfonamides is 1. The smallest absolute Gasteiger partial charge is 0.279 e. The summed E-state index contributed by atoms with van der Waals surface area (Å²) in [6.07, 6.45) is 1.51. The van der Waals surface area contributed by atoms with E-state index in [1.165, 1.54) is 6.20 Å². The van der Waals surface area contributed by atoms with E-state index in [2.05, 4.69) is 20.2 Å². The minimum Gasteiger partial charge on any atom is -0.316 e. The number of H-pyrrole nitrogens is 1. The van der Waals surface area contributed by atoms with Crippen LogP contribution in [0.25, 0.3) is 0 Å². The fraction of sp³-hybridized carbons (Fsp3) is 0.308. The third-order valence-electron chi connectivity index (χ3n) is 2.79. The molecule has 0 atom stereocenters. The largest absolute Gasteiger partial charge is 0.316 e. The van der Waals surface area contributed by atoms with Gasteiger partial charge in [0.1, 0.15) is 0 Å². The van der Waals surface area contributed by atoms with Gasteiger partial charge in [0.05, 0.1) is 6.20 Å². The van der Waals surface area contributed by atoms with Crippen LogP contribution in [0.2, 0.25) is 0 Å². The van der Waals surface area contributed by atoms with Gasteiger partial charge in [0.25, 0.3) is 10.0 Å². The average molecular weight is 294 g/mol. The van der Waals surface area contributed by atoms with Crippen LogP contribution in [-0.4, -0.2) is 25.7 Å². The summed E-state index contributed by atoms with van der Waals surface area (Å²) >= 11 is 0. The Morgan fingerprint density at radius 2 is 1.85 bits per heavy atom. The molecule has 20 heavy (non-hydrogen) atoms. The van der Waals surface area contributed by atoms with Crippen molar-refractivity contribution >= 4 is 15.7 Å². The van der Waals surface area contributed by atoms with Crippen LogP contribution in [0.1, 0.15) is 16.7 Å². The molecular formula is C13H18N4O2S. The Morgan fingerprint density at radius 3 is 2.45 bits per heavy atom. The first-order valence-corrected chi connectivity index (χ1v) is 7.68. The van der Waals surface area contributed by atoms with Gasteiger partial charge >= 0.3 is 0 Å². The van der Waals surface area contributed by atoms with Gasteiger partial charge in [-0.3, -0.25) is 9.82 Å². The van der Waals surface area contributed by atoms with Crippen LogP contribution in [0.15, 0.2) is 29.4 Å². The molecule has 6 nitrogen and oxygen atoms in total. The van der Waals surface area contributed by atoms with Crippen molar-refractivity contribution in [2.75, 3.05) is 11.8 Å². The van der Waals surface area contributed by atoms with Crippen LogP contribution < -0.4 is 10.0 Å². The number of rotatable bonds is 5. The summed E-state index contributed by atoms with van der Waals surface area (Å²) in [6.45, 7) is 4.28. The van der Waals surface area contributed by atoms with Crippen molar-refractivity contribution < 1.29 is 8.42 Å². The number of aryl methyl sites for hydroxylation is 2. The van der Waals surface area contributed by atoms with Crippen molar-refractivity contribution in [2.45, 2.75) is 25.4 Å². The van der Waals surface area contributed by atoms with Gasteiger partial charge in [-0.05, 0) is 44.2 Å². The van der Waals surface area contributed by atoms with E-state index < -0.39 is 10.0 Å². The lowest BCUT2D eigenvalue weighted by Crippen LogP contribution is -2.17. The third-order valence-corrected chi connectivity index (χ3v) is 4.18. The lowest BCUT2D eigenvalue weighted by atomic mass is 10.1. The second-order valence-electron chi connectivity index (χ2n) is 4.74. The number of nitrogens with one attached hydrogen (secondary N) is 3. The number of benzene rings is 1. The Bertz CT molecular complexity index is 687. The summed E-state index contributed by atoms with van der Waals surface area (Å²) in [7, 11) is -1.91. The lowest BCUT2D eigenvalue weighted by molar-refractivity contribution is 0.595. The number of hydrogen-bond acceptors (Lipinski definition) is 4. The van der Waals surface area contributed by atoms with Crippen molar-refractivity contribution in [3.05, 3.63) is 41.1 Å². The van der Waals surface area contributed by atoms with E-state index >= 15 is 0 Å². The Hall–Kier alpha value is -1.86. The molecule has 0 amide bonds. The van der Waals surface area contributed by atoms with Crippen LogP contribution in [0, 0.1) is 13.8 Å². The zero-order valence-corrected chi connectivity index (χ0v) is 12.5. The maximum absolute atomic E-state index is 12.4. The number of aromatic amines is 1. The molecule has 0 aliphatic carbocycles. The summed E-state index contributed by atoms with van der Waals surface area (Å²) in [5.41, 5.74) is 3.16. The zero-order chi connectivity index (χ0) is 14.8.